The Hall–Kier alpha value is -2.53. The molecule has 35 heavy (non-hydrogen) atoms. The van der Waals surface area contributed by atoms with Crippen molar-refractivity contribution in [1.82, 2.24) is 10.2 Å². The highest BCUT2D eigenvalue weighted by Crippen LogP contribution is 2.24. The summed E-state index contributed by atoms with van der Waals surface area (Å²) in [6.07, 6.45) is 0. The van der Waals surface area contributed by atoms with Crippen LogP contribution >= 0.6 is 22.9 Å². The Morgan fingerprint density at radius 2 is 2.03 bits per heavy atom. The molecule has 0 aliphatic carbocycles. The van der Waals surface area contributed by atoms with Gasteiger partial charge in [-0.05, 0) is 42.8 Å². The van der Waals surface area contributed by atoms with E-state index in [-0.39, 0.29) is 36.1 Å². The second kappa shape index (κ2) is 11.5. The Balaban J connectivity index is 1.73. The average Bonchev–Trinajstić information content (AvgIpc) is 3.21. The van der Waals surface area contributed by atoms with Crippen LogP contribution in [0.4, 0.5) is 15.8 Å². The molecule has 1 aliphatic rings. The number of likely N-dealkylation sites (N-methyl/N-ethyl adjacent to an activating group) is 1. The Kier molecular flexibility index (Phi) is 8.87. The number of rotatable bonds is 8. The van der Waals surface area contributed by atoms with Gasteiger partial charge in [-0.15, -0.1) is 11.3 Å². The molecule has 3 rings (SSSR count). The number of halogens is 2. The standard InChI is InChI=1S/C24H30ClFN4O4S/c1-24(2,3)14-29(4)18(12-27-23(33)19-7-8-20(25)35-19)22(32)28-17-6-5-15(11-16(17)26)30-9-10-34-13-21(30)31/h5-8,11,18H,9-10,12-14H2,1-4H3,(H,27,33)(H,28,32)/t18-/m1/s1. The molecule has 0 saturated carbocycles. The number of carbonyl (C=O) groups is 3. The molecule has 1 fully saturated rings. The first-order chi connectivity index (χ1) is 16.4. The second-order valence-corrected chi connectivity index (χ2v) is 11.3. The lowest BCUT2D eigenvalue weighted by Gasteiger charge is -2.32. The number of nitrogens with one attached hydrogen (secondary N) is 2. The number of carbonyl (C=O) groups excluding carboxylic acids is 3. The molecule has 1 aliphatic heterocycles. The van der Waals surface area contributed by atoms with Crippen molar-refractivity contribution in [3.63, 3.8) is 0 Å². The average molecular weight is 525 g/mol. The van der Waals surface area contributed by atoms with Gasteiger partial charge in [0.25, 0.3) is 11.8 Å². The highest BCUT2D eigenvalue weighted by Gasteiger charge is 2.28. The molecule has 1 aromatic heterocycles. The van der Waals surface area contributed by atoms with Gasteiger partial charge in [-0.25, -0.2) is 4.39 Å². The van der Waals surface area contributed by atoms with Gasteiger partial charge in [-0.3, -0.25) is 19.3 Å². The third kappa shape index (κ3) is 7.47. The minimum Gasteiger partial charge on any atom is -0.370 e. The number of hydrogen-bond acceptors (Lipinski definition) is 6. The lowest BCUT2D eigenvalue weighted by Crippen LogP contribution is -2.51. The SMILES string of the molecule is CN(CC(C)(C)C)[C@H](CNC(=O)c1ccc(Cl)s1)C(=O)Nc1ccc(N2CCOCC2=O)cc1F. The zero-order chi connectivity index (χ0) is 25.8. The molecular formula is C24H30ClFN4O4S. The summed E-state index contributed by atoms with van der Waals surface area (Å²) in [7, 11) is 1.78. The predicted octanol–water partition coefficient (Wildman–Crippen LogP) is 3.62. The number of benzene rings is 1. The van der Waals surface area contributed by atoms with Crippen molar-refractivity contribution in [2.75, 3.05) is 50.1 Å². The molecule has 11 heteroatoms. The summed E-state index contributed by atoms with van der Waals surface area (Å²) in [5.74, 6) is -1.71. The molecule has 190 valence electrons. The van der Waals surface area contributed by atoms with E-state index in [1.165, 1.54) is 17.0 Å². The lowest BCUT2D eigenvalue weighted by molar-refractivity contribution is -0.125. The van der Waals surface area contributed by atoms with Crippen molar-refractivity contribution in [3.8, 4) is 0 Å². The Morgan fingerprint density at radius 3 is 2.63 bits per heavy atom. The first kappa shape index (κ1) is 27.1. The van der Waals surface area contributed by atoms with E-state index in [1.54, 1.807) is 25.2 Å². The molecule has 0 unspecified atom stereocenters. The van der Waals surface area contributed by atoms with Crippen LogP contribution in [0.2, 0.25) is 4.34 Å². The van der Waals surface area contributed by atoms with E-state index in [4.69, 9.17) is 16.3 Å². The van der Waals surface area contributed by atoms with E-state index in [1.807, 2.05) is 25.7 Å². The van der Waals surface area contributed by atoms with Crippen LogP contribution in [-0.2, 0) is 14.3 Å². The van der Waals surface area contributed by atoms with Crippen LogP contribution in [0.5, 0.6) is 0 Å². The monoisotopic (exact) mass is 524 g/mol. The molecule has 0 spiro atoms. The van der Waals surface area contributed by atoms with Gasteiger partial charge in [0.2, 0.25) is 5.91 Å². The number of thiophene rings is 1. The minimum absolute atomic E-state index is 0.00928. The van der Waals surface area contributed by atoms with Gasteiger partial charge >= 0.3 is 0 Å². The zero-order valence-corrected chi connectivity index (χ0v) is 21.8. The first-order valence-electron chi connectivity index (χ1n) is 11.2. The van der Waals surface area contributed by atoms with E-state index >= 15 is 0 Å². The molecule has 1 saturated heterocycles. The summed E-state index contributed by atoms with van der Waals surface area (Å²) < 4.78 is 20.5. The Morgan fingerprint density at radius 1 is 1.29 bits per heavy atom. The van der Waals surface area contributed by atoms with Gasteiger partial charge in [-0.1, -0.05) is 32.4 Å². The molecule has 8 nitrogen and oxygen atoms in total. The summed E-state index contributed by atoms with van der Waals surface area (Å²) >= 11 is 7.06. The van der Waals surface area contributed by atoms with Crippen LogP contribution in [0.3, 0.4) is 0 Å². The molecule has 2 aromatic rings. The van der Waals surface area contributed by atoms with Crippen LogP contribution in [0.25, 0.3) is 0 Å². The van der Waals surface area contributed by atoms with Crippen molar-refractivity contribution in [1.29, 1.82) is 0 Å². The topological polar surface area (TPSA) is 91.0 Å². The van der Waals surface area contributed by atoms with E-state index in [9.17, 15) is 18.8 Å². The molecule has 0 radical (unpaired) electrons. The summed E-state index contributed by atoms with van der Waals surface area (Å²) in [4.78, 5) is 41.5. The van der Waals surface area contributed by atoms with Crippen molar-refractivity contribution in [2.24, 2.45) is 5.41 Å². The normalized spacial score (nSPS) is 15.3. The van der Waals surface area contributed by atoms with Crippen molar-refractivity contribution >= 4 is 52.0 Å². The molecule has 2 heterocycles. The van der Waals surface area contributed by atoms with Crippen molar-refractivity contribution in [3.05, 3.63) is 45.4 Å². The van der Waals surface area contributed by atoms with E-state index in [0.29, 0.717) is 34.6 Å². The molecular weight excluding hydrogens is 495 g/mol. The molecule has 1 atom stereocenters. The minimum atomic E-state index is -0.756. The summed E-state index contributed by atoms with van der Waals surface area (Å²) in [6.45, 7) is 7.35. The highest BCUT2D eigenvalue weighted by atomic mass is 35.5. The fourth-order valence-corrected chi connectivity index (χ4v) is 4.76. The third-order valence-electron chi connectivity index (χ3n) is 5.32. The summed E-state index contributed by atoms with van der Waals surface area (Å²) in [5, 5.41) is 5.41. The maximum absolute atomic E-state index is 14.9. The van der Waals surface area contributed by atoms with Crippen LogP contribution in [0.1, 0.15) is 30.4 Å². The fourth-order valence-electron chi connectivity index (χ4n) is 3.80. The Labute approximate surface area is 213 Å². The van der Waals surface area contributed by atoms with Gasteiger partial charge in [0.15, 0.2) is 0 Å². The highest BCUT2D eigenvalue weighted by molar-refractivity contribution is 7.18. The van der Waals surface area contributed by atoms with E-state index in [2.05, 4.69) is 10.6 Å². The molecule has 3 amide bonds. The van der Waals surface area contributed by atoms with Crippen LogP contribution in [-0.4, -0.2) is 68.6 Å². The molecule has 2 N–H and O–H groups in total. The van der Waals surface area contributed by atoms with E-state index < -0.39 is 17.8 Å². The van der Waals surface area contributed by atoms with Gasteiger partial charge in [0, 0.05) is 25.3 Å². The van der Waals surface area contributed by atoms with Gasteiger partial charge in [-0.2, -0.15) is 0 Å². The van der Waals surface area contributed by atoms with Gasteiger partial charge < -0.3 is 20.3 Å². The van der Waals surface area contributed by atoms with Crippen molar-refractivity contribution in [2.45, 2.75) is 26.8 Å². The molecule has 0 bridgehead atoms. The van der Waals surface area contributed by atoms with Gasteiger partial charge in [0.05, 0.1) is 21.5 Å². The van der Waals surface area contributed by atoms with Crippen molar-refractivity contribution < 1.29 is 23.5 Å². The number of amides is 3. The smallest absolute Gasteiger partial charge is 0.261 e. The van der Waals surface area contributed by atoms with Crippen LogP contribution in [0.15, 0.2) is 30.3 Å². The quantitative estimate of drug-likeness (QED) is 0.550. The van der Waals surface area contributed by atoms with Gasteiger partial charge in [0.1, 0.15) is 18.5 Å². The lowest BCUT2D eigenvalue weighted by atomic mass is 9.95. The fraction of sp³-hybridized carbons (Fsp3) is 0.458. The first-order valence-corrected chi connectivity index (χ1v) is 12.4. The number of anilines is 2. The second-order valence-electron chi connectivity index (χ2n) is 9.56. The Bertz CT molecular complexity index is 1090. The maximum atomic E-state index is 14.9. The largest absolute Gasteiger partial charge is 0.370 e. The summed E-state index contributed by atoms with van der Waals surface area (Å²) in [6, 6.07) is 6.72. The number of hydrogen-bond donors (Lipinski definition) is 2. The summed E-state index contributed by atoms with van der Waals surface area (Å²) in [5.41, 5.74) is 0.276. The predicted molar refractivity (Wildman–Crippen MR) is 136 cm³/mol. The maximum Gasteiger partial charge on any atom is 0.261 e. The third-order valence-corrected chi connectivity index (χ3v) is 6.55. The van der Waals surface area contributed by atoms with Crippen LogP contribution < -0.4 is 15.5 Å². The number of morpholine rings is 1. The van der Waals surface area contributed by atoms with Crippen LogP contribution in [0, 0.1) is 11.2 Å². The number of nitrogens with zero attached hydrogens (tertiary/aromatic N) is 2. The number of ether oxygens (including phenoxy) is 1. The van der Waals surface area contributed by atoms with E-state index in [0.717, 1.165) is 11.3 Å². The zero-order valence-electron chi connectivity index (χ0n) is 20.2. The molecule has 1 aromatic carbocycles.